The molecule has 5 heteroatoms. The highest BCUT2D eigenvalue weighted by molar-refractivity contribution is 5.91. The van der Waals surface area contributed by atoms with Crippen molar-refractivity contribution in [1.29, 1.82) is 0 Å². The van der Waals surface area contributed by atoms with E-state index in [4.69, 9.17) is 9.47 Å². The first-order chi connectivity index (χ1) is 13.1. The highest BCUT2D eigenvalue weighted by Gasteiger charge is 2.27. The van der Waals surface area contributed by atoms with Gasteiger partial charge in [0.25, 0.3) is 0 Å². The van der Waals surface area contributed by atoms with E-state index in [1.165, 1.54) is 11.1 Å². The van der Waals surface area contributed by atoms with Crippen LogP contribution in [0, 0.1) is 6.92 Å². The number of likely N-dealkylation sites (tertiary alicyclic amines) is 1. The number of hydrogen-bond donors (Lipinski definition) is 1. The molecule has 1 heterocycles. The van der Waals surface area contributed by atoms with E-state index in [1.807, 2.05) is 11.0 Å². The Bertz CT molecular complexity index is 791. The zero-order valence-corrected chi connectivity index (χ0v) is 16.3. The van der Waals surface area contributed by atoms with Crippen molar-refractivity contribution in [2.45, 2.75) is 38.6 Å². The lowest BCUT2D eigenvalue weighted by molar-refractivity contribution is 0.189. The molecular formula is C22H28N2O3. The van der Waals surface area contributed by atoms with E-state index in [-0.39, 0.29) is 12.1 Å². The third-order valence-electron chi connectivity index (χ3n) is 5.09. The highest BCUT2D eigenvalue weighted by atomic mass is 16.5. The van der Waals surface area contributed by atoms with Crippen LogP contribution in [0.5, 0.6) is 11.5 Å². The van der Waals surface area contributed by atoms with E-state index >= 15 is 0 Å². The summed E-state index contributed by atoms with van der Waals surface area (Å²) in [7, 11) is 3.20. The first-order valence-corrected chi connectivity index (χ1v) is 9.48. The number of rotatable bonds is 4. The minimum absolute atomic E-state index is 0.0870. The van der Waals surface area contributed by atoms with Crippen LogP contribution < -0.4 is 14.8 Å². The molecule has 2 amide bonds. The third-order valence-corrected chi connectivity index (χ3v) is 5.09. The predicted molar refractivity (Wildman–Crippen MR) is 108 cm³/mol. The quantitative estimate of drug-likeness (QED) is 0.811. The van der Waals surface area contributed by atoms with E-state index < -0.39 is 0 Å². The smallest absolute Gasteiger partial charge is 0.322 e. The van der Waals surface area contributed by atoms with Gasteiger partial charge in [-0.1, -0.05) is 42.7 Å². The number of nitrogens with zero attached hydrogens (tertiary/aromatic N) is 1. The number of ether oxygens (including phenoxy) is 2. The average molecular weight is 368 g/mol. The van der Waals surface area contributed by atoms with Gasteiger partial charge in [-0.05, 0) is 37.5 Å². The number of carbonyl (C=O) groups is 1. The Morgan fingerprint density at radius 3 is 2.67 bits per heavy atom. The highest BCUT2D eigenvalue weighted by Crippen LogP contribution is 2.33. The number of methoxy groups -OCH3 is 2. The molecule has 3 rings (SSSR count). The molecule has 0 unspecified atom stereocenters. The number of urea groups is 1. The number of aryl methyl sites for hydroxylation is 1. The van der Waals surface area contributed by atoms with Crippen molar-refractivity contribution in [3.8, 4) is 11.5 Å². The van der Waals surface area contributed by atoms with Crippen LogP contribution >= 0.6 is 0 Å². The second-order valence-corrected chi connectivity index (χ2v) is 6.97. The molecule has 0 spiro atoms. The van der Waals surface area contributed by atoms with Crippen LogP contribution in [0.1, 0.15) is 42.9 Å². The van der Waals surface area contributed by atoms with Crippen LogP contribution in [0.15, 0.2) is 42.5 Å². The molecule has 0 aliphatic carbocycles. The van der Waals surface area contributed by atoms with Crippen molar-refractivity contribution in [3.63, 3.8) is 0 Å². The minimum atomic E-state index is -0.102. The number of amides is 2. The van der Waals surface area contributed by atoms with E-state index in [0.717, 1.165) is 32.2 Å². The van der Waals surface area contributed by atoms with Crippen molar-refractivity contribution in [1.82, 2.24) is 4.90 Å². The molecule has 144 valence electrons. The molecule has 27 heavy (non-hydrogen) atoms. The summed E-state index contributed by atoms with van der Waals surface area (Å²) in [6, 6.07) is 13.8. The third kappa shape index (κ3) is 4.54. The molecular weight excluding hydrogens is 340 g/mol. The van der Waals surface area contributed by atoms with Crippen LogP contribution in [0.2, 0.25) is 0 Å². The largest absolute Gasteiger partial charge is 0.497 e. The van der Waals surface area contributed by atoms with Gasteiger partial charge in [0, 0.05) is 12.6 Å². The second-order valence-electron chi connectivity index (χ2n) is 6.97. The van der Waals surface area contributed by atoms with Crippen molar-refractivity contribution in [3.05, 3.63) is 53.6 Å². The lowest BCUT2D eigenvalue weighted by Gasteiger charge is -2.31. The molecule has 5 nitrogen and oxygen atoms in total. The van der Waals surface area contributed by atoms with Gasteiger partial charge in [-0.2, -0.15) is 0 Å². The maximum Gasteiger partial charge on any atom is 0.322 e. The van der Waals surface area contributed by atoms with Gasteiger partial charge in [-0.15, -0.1) is 0 Å². The standard InChI is InChI=1S/C22H28N2O3/c1-16-8-7-9-17(14-16)20-10-5-4-6-13-24(20)22(25)23-19-15-18(26-2)11-12-21(19)27-3/h7-9,11-12,14-15,20H,4-6,10,13H2,1-3H3,(H,23,25)/t20-/m0/s1. The van der Waals surface area contributed by atoms with Crippen LogP contribution in [0.25, 0.3) is 0 Å². The Balaban J connectivity index is 1.86. The minimum Gasteiger partial charge on any atom is -0.497 e. The van der Waals surface area contributed by atoms with Crippen LogP contribution in [-0.4, -0.2) is 31.7 Å². The second kappa shape index (κ2) is 8.80. The first-order valence-electron chi connectivity index (χ1n) is 9.48. The maximum atomic E-state index is 13.2. The van der Waals surface area contributed by atoms with Gasteiger partial charge in [0.05, 0.1) is 25.9 Å². The summed E-state index contributed by atoms with van der Waals surface area (Å²) in [4.78, 5) is 15.1. The molecule has 0 saturated carbocycles. The Morgan fingerprint density at radius 2 is 1.93 bits per heavy atom. The number of anilines is 1. The van der Waals surface area contributed by atoms with Crippen LogP contribution in [-0.2, 0) is 0 Å². The normalized spacial score (nSPS) is 17.1. The fourth-order valence-corrected chi connectivity index (χ4v) is 3.67. The summed E-state index contributed by atoms with van der Waals surface area (Å²) in [5, 5.41) is 3.03. The van der Waals surface area contributed by atoms with E-state index in [2.05, 4.69) is 36.5 Å². The van der Waals surface area contributed by atoms with Gasteiger partial charge in [0.2, 0.25) is 0 Å². The van der Waals surface area contributed by atoms with Gasteiger partial charge in [0.15, 0.2) is 0 Å². The molecule has 0 aromatic heterocycles. The fourth-order valence-electron chi connectivity index (χ4n) is 3.67. The van der Waals surface area contributed by atoms with Gasteiger partial charge in [0.1, 0.15) is 11.5 Å². The molecule has 1 aliphatic heterocycles. The van der Waals surface area contributed by atoms with Gasteiger partial charge >= 0.3 is 6.03 Å². The summed E-state index contributed by atoms with van der Waals surface area (Å²) in [6.45, 7) is 2.84. The molecule has 2 aromatic rings. The van der Waals surface area contributed by atoms with Crippen molar-refractivity contribution >= 4 is 11.7 Å². The Morgan fingerprint density at radius 1 is 1.07 bits per heavy atom. The van der Waals surface area contributed by atoms with Crippen LogP contribution in [0.4, 0.5) is 10.5 Å². The Kier molecular flexibility index (Phi) is 6.22. The van der Waals surface area contributed by atoms with E-state index in [0.29, 0.717) is 17.2 Å². The molecule has 0 radical (unpaired) electrons. The van der Waals surface area contributed by atoms with E-state index in [1.54, 1.807) is 26.4 Å². The summed E-state index contributed by atoms with van der Waals surface area (Å²) < 4.78 is 10.7. The Hall–Kier alpha value is -2.69. The van der Waals surface area contributed by atoms with Crippen molar-refractivity contribution in [2.75, 3.05) is 26.1 Å². The monoisotopic (exact) mass is 368 g/mol. The topological polar surface area (TPSA) is 50.8 Å². The number of hydrogen-bond acceptors (Lipinski definition) is 3. The lowest BCUT2D eigenvalue weighted by Crippen LogP contribution is -2.38. The summed E-state index contributed by atoms with van der Waals surface area (Å²) in [6.07, 6.45) is 4.27. The maximum absolute atomic E-state index is 13.2. The van der Waals surface area contributed by atoms with Gasteiger partial charge < -0.3 is 19.7 Å². The van der Waals surface area contributed by atoms with Crippen molar-refractivity contribution < 1.29 is 14.3 Å². The lowest BCUT2D eigenvalue weighted by atomic mass is 9.99. The predicted octanol–water partition coefficient (Wildman–Crippen LogP) is 5.16. The van der Waals surface area contributed by atoms with Gasteiger partial charge in [-0.25, -0.2) is 4.79 Å². The molecule has 1 saturated heterocycles. The van der Waals surface area contributed by atoms with E-state index in [9.17, 15) is 4.79 Å². The van der Waals surface area contributed by atoms with Crippen LogP contribution in [0.3, 0.4) is 0 Å². The zero-order chi connectivity index (χ0) is 19.2. The van der Waals surface area contributed by atoms with Gasteiger partial charge in [-0.3, -0.25) is 0 Å². The molecule has 1 aliphatic rings. The molecule has 2 aromatic carbocycles. The van der Waals surface area contributed by atoms with Crippen molar-refractivity contribution in [2.24, 2.45) is 0 Å². The number of nitrogens with one attached hydrogen (secondary N) is 1. The molecule has 0 bridgehead atoms. The molecule has 1 fully saturated rings. The number of carbonyl (C=O) groups excluding carboxylic acids is 1. The zero-order valence-electron chi connectivity index (χ0n) is 16.3. The molecule has 1 N–H and O–H groups in total. The fraction of sp³-hybridized carbons (Fsp3) is 0.409. The average Bonchev–Trinajstić information content (AvgIpc) is 2.94. The Labute approximate surface area is 161 Å². The SMILES string of the molecule is COc1ccc(OC)c(NC(=O)N2CCCCC[C@H]2c2cccc(C)c2)c1. The first kappa shape index (κ1) is 19.1. The number of benzene rings is 2. The molecule has 1 atom stereocenters. The summed E-state index contributed by atoms with van der Waals surface area (Å²) in [5.74, 6) is 1.29. The summed E-state index contributed by atoms with van der Waals surface area (Å²) in [5.41, 5.74) is 3.03. The summed E-state index contributed by atoms with van der Waals surface area (Å²) >= 11 is 0.